The molecule has 102 valence electrons. The monoisotopic (exact) mass is 259 g/mol. The summed E-state index contributed by atoms with van der Waals surface area (Å²) in [6, 6.07) is 6.23. The zero-order valence-electron chi connectivity index (χ0n) is 12.2. The van der Waals surface area contributed by atoms with Gasteiger partial charge in [-0.3, -0.25) is 4.68 Å². The van der Waals surface area contributed by atoms with Crippen LogP contribution in [-0.2, 0) is 13.6 Å². The molecule has 2 aromatic rings. The summed E-state index contributed by atoms with van der Waals surface area (Å²) in [4.78, 5) is 0. The Hall–Kier alpha value is -1.81. The fourth-order valence-corrected chi connectivity index (χ4v) is 2.44. The van der Waals surface area contributed by atoms with Crippen molar-refractivity contribution in [1.29, 1.82) is 0 Å². The largest absolute Gasteiger partial charge is 0.496 e. The van der Waals surface area contributed by atoms with Crippen LogP contribution in [0.2, 0.25) is 0 Å². The van der Waals surface area contributed by atoms with Crippen LogP contribution in [0.15, 0.2) is 18.2 Å². The molecule has 0 radical (unpaired) electrons. The third-order valence-corrected chi connectivity index (χ3v) is 3.31. The van der Waals surface area contributed by atoms with Gasteiger partial charge in [0.05, 0.1) is 18.5 Å². The van der Waals surface area contributed by atoms with Gasteiger partial charge in [0, 0.05) is 24.7 Å². The number of methoxy groups -OCH3 is 1. The lowest BCUT2D eigenvalue weighted by Gasteiger charge is -2.11. The van der Waals surface area contributed by atoms with E-state index < -0.39 is 0 Å². The van der Waals surface area contributed by atoms with Crippen molar-refractivity contribution < 1.29 is 4.74 Å². The van der Waals surface area contributed by atoms with Crippen LogP contribution < -0.4 is 10.1 Å². The number of aromatic nitrogens is 2. The van der Waals surface area contributed by atoms with E-state index in [1.807, 2.05) is 31.8 Å². The molecule has 19 heavy (non-hydrogen) atoms. The van der Waals surface area contributed by atoms with E-state index in [4.69, 9.17) is 4.74 Å². The average molecular weight is 259 g/mol. The van der Waals surface area contributed by atoms with Gasteiger partial charge in [-0.05, 0) is 33.0 Å². The quantitative estimate of drug-likeness (QED) is 0.916. The van der Waals surface area contributed by atoms with Crippen molar-refractivity contribution in [3.05, 3.63) is 35.2 Å². The summed E-state index contributed by atoms with van der Waals surface area (Å²) < 4.78 is 7.43. The molecule has 4 heteroatoms. The molecule has 0 spiro atoms. The Bertz CT molecular complexity index is 587. The molecular weight excluding hydrogens is 238 g/mol. The van der Waals surface area contributed by atoms with E-state index in [9.17, 15) is 0 Å². The van der Waals surface area contributed by atoms with Gasteiger partial charge in [0.15, 0.2) is 0 Å². The van der Waals surface area contributed by atoms with Crippen molar-refractivity contribution in [1.82, 2.24) is 15.1 Å². The number of hydrogen-bond donors (Lipinski definition) is 1. The van der Waals surface area contributed by atoms with Gasteiger partial charge in [-0.15, -0.1) is 0 Å². The molecule has 1 aromatic heterocycles. The van der Waals surface area contributed by atoms with Gasteiger partial charge in [-0.2, -0.15) is 5.10 Å². The van der Waals surface area contributed by atoms with E-state index in [0.29, 0.717) is 0 Å². The summed E-state index contributed by atoms with van der Waals surface area (Å²) >= 11 is 0. The van der Waals surface area contributed by atoms with Crippen molar-refractivity contribution in [2.45, 2.75) is 20.4 Å². The van der Waals surface area contributed by atoms with Crippen molar-refractivity contribution in [2.75, 3.05) is 14.2 Å². The van der Waals surface area contributed by atoms with Crippen LogP contribution in [0.4, 0.5) is 0 Å². The standard InChI is InChI=1S/C15H21N3O/c1-10-6-7-14(19-5)12(8-10)15-11(2)17-18(4)13(15)9-16-3/h6-8,16H,9H2,1-5H3. The number of rotatable bonds is 4. The second kappa shape index (κ2) is 5.45. The van der Waals surface area contributed by atoms with Crippen LogP contribution in [0.3, 0.4) is 0 Å². The number of benzene rings is 1. The van der Waals surface area contributed by atoms with Crippen LogP contribution in [0.25, 0.3) is 11.1 Å². The fourth-order valence-electron chi connectivity index (χ4n) is 2.44. The van der Waals surface area contributed by atoms with E-state index in [1.54, 1.807) is 7.11 Å². The molecule has 2 rings (SSSR count). The van der Waals surface area contributed by atoms with E-state index in [-0.39, 0.29) is 0 Å². The molecule has 0 saturated carbocycles. The second-order valence-electron chi connectivity index (χ2n) is 4.76. The molecule has 0 amide bonds. The van der Waals surface area contributed by atoms with Crippen molar-refractivity contribution in [3.8, 4) is 16.9 Å². The fraction of sp³-hybridized carbons (Fsp3) is 0.400. The van der Waals surface area contributed by atoms with Gasteiger partial charge in [0.2, 0.25) is 0 Å². The third kappa shape index (κ3) is 2.49. The van der Waals surface area contributed by atoms with Gasteiger partial charge in [-0.25, -0.2) is 0 Å². The van der Waals surface area contributed by atoms with Gasteiger partial charge >= 0.3 is 0 Å². The number of nitrogens with one attached hydrogen (secondary N) is 1. The van der Waals surface area contributed by atoms with E-state index >= 15 is 0 Å². The molecular formula is C15H21N3O. The lowest BCUT2D eigenvalue weighted by Crippen LogP contribution is -2.10. The Kier molecular flexibility index (Phi) is 3.90. The summed E-state index contributed by atoms with van der Waals surface area (Å²) in [5.41, 5.74) is 5.69. The van der Waals surface area contributed by atoms with Crippen LogP contribution >= 0.6 is 0 Å². The zero-order valence-corrected chi connectivity index (χ0v) is 12.2. The molecule has 0 fully saturated rings. The molecule has 1 aromatic carbocycles. The maximum Gasteiger partial charge on any atom is 0.126 e. The molecule has 0 unspecified atom stereocenters. The molecule has 0 aliphatic rings. The van der Waals surface area contributed by atoms with Gasteiger partial charge in [0.25, 0.3) is 0 Å². The molecule has 0 aliphatic carbocycles. The topological polar surface area (TPSA) is 39.1 Å². The maximum atomic E-state index is 5.49. The van der Waals surface area contributed by atoms with Crippen LogP contribution in [0, 0.1) is 13.8 Å². The third-order valence-electron chi connectivity index (χ3n) is 3.31. The van der Waals surface area contributed by atoms with Crippen molar-refractivity contribution in [2.24, 2.45) is 7.05 Å². The Labute approximate surface area is 114 Å². The SMILES string of the molecule is CNCc1c(-c2cc(C)ccc2OC)c(C)nn1C. The normalized spacial score (nSPS) is 10.8. The first-order valence-electron chi connectivity index (χ1n) is 6.40. The van der Waals surface area contributed by atoms with E-state index in [2.05, 4.69) is 29.5 Å². The summed E-state index contributed by atoms with van der Waals surface area (Å²) in [6.45, 7) is 4.91. The first-order chi connectivity index (χ1) is 9.08. The molecule has 1 heterocycles. The summed E-state index contributed by atoms with van der Waals surface area (Å²) in [7, 11) is 5.63. The summed E-state index contributed by atoms with van der Waals surface area (Å²) in [5.74, 6) is 0.888. The first kappa shape index (κ1) is 13.6. The molecule has 1 N–H and O–H groups in total. The number of ether oxygens (including phenoxy) is 1. The smallest absolute Gasteiger partial charge is 0.126 e. The molecule has 0 bridgehead atoms. The van der Waals surface area contributed by atoms with E-state index in [1.165, 1.54) is 11.3 Å². The van der Waals surface area contributed by atoms with Gasteiger partial charge in [-0.1, -0.05) is 11.6 Å². The van der Waals surface area contributed by atoms with Crippen LogP contribution in [-0.4, -0.2) is 23.9 Å². The van der Waals surface area contributed by atoms with Crippen LogP contribution in [0.1, 0.15) is 17.0 Å². The average Bonchev–Trinajstić information content (AvgIpc) is 2.65. The predicted octanol–water partition coefficient (Wildman–Crippen LogP) is 2.43. The minimum absolute atomic E-state index is 0.782. The van der Waals surface area contributed by atoms with E-state index in [0.717, 1.165) is 29.1 Å². The van der Waals surface area contributed by atoms with Crippen molar-refractivity contribution in [3.63, 3.8) is 0 Å². The number of aryl methyl sites for hydroxylation is 3. The Balaban J connectivity index is 2.67. The molecule has 0 aliphatic heterocycles. The molecule has 0 saturated heterocycles. The highest BCUT2D eigenvalue weighted by atomic mass is 16.5. The highest BCUT2D eigenvalue weighted by Crippen LogP contribution is 2.35. The molecule has 0 atom stereocenters. The lowest BCUT2D eigenvalue weighted by atomic mass is 10.00. The number of nitrogens with zero attached hydrogens (tertiary/aromatic N) is 2. The lowest BCUT2D eigenvalue weighted by molar-refractivity contribution is 0.416. The predicted molar refractivity (Wildman–Crippen MR) is 77.4 cm³/mol. The Morgan fingerprint density at radius 2 is 2.05 bits per heavy atom. The summed E-state index contributed by atoms with van der Waals surface area (Å²) in [5, 5.41) is 7.73. The highest BCUT2D eigenvalue weighted by molar-refractivity contribution is 5.75. The highest BCUT2D eigenvalue weighted by Gasteiger charge is 2.17. The van der Waals surface area contributed by atoms with Gasteiger partial charge in [0.1, 0.15) is 5.75 Å². The Morgan fingerprint density at radius 3 is 2.68 bits per heavy atom. The van der Waals surface area contributed by atoms with Crippen molar-refractivity contribution >= 4 is 0 Å². The molecule has 4 nitrogen and oxygen atoms in total. The van der Waals surface area contributed by atoms with Crippen LogP contribution in [0.5, 0.6) is 5.75 Å². The Morgan fingerprint density at radius 1 is 1.32 bits per heavy atom. The second-order valence-corrected chi connectivity index (χ2v) is 4.76. The zero-order chi connectivity index (χ0) is 14.0. The maximum absolute atomic E-state index is 5.49. The minimum Gasteiger partial charge on any atom is -0.496 e. The van der Waals surface area contributed by atoms with Gasteiger partial charge < -0.3 is 10.1 Å². The number of hydrogen-bond acceptors (Lipinski definition) is 3. The summed E-state index contributed by atoms with van der Waals surface area (Å²) in [6.07, 6.45) is 0. The first-order valence-corrected chi connectivity index (χ1v) is 6.40. The minimum atomic E-state index is 0.782.